The fourth-order valence-electron chi connectivity index (χ4n) is 2.13. The number of rotatable bonds is 5. The van der Waals surface area contributed by atoms with Crippen molar-refractivity contribution in [2.45, 2.75) is 19.9 Å². The lowest BCUT2D eigenvalue weighted by Gasteiger charge is -2.16. The molecule has 0 unspecified atom stereocenters. The molecular formula is C17H16Cl3NO2. The van der Waals surface area contributed by atoms with Crippen LogP contribution in [0.25, 0.3) is 0 Å². The third kappa shape index (κ3) is 5.03. The van der Waals surface area contributed by atoms with Crippen molar-refractivity contribution in [3.8, 4) is 5.75 Å². The van der Waals surface area contributed by atoms with Gasteiger partial charge in [-0.25, -0.2) is 0 Å². The Morgan fingerprint density at radius 1 is 1.13 bits per heavy atom. The quantitative estimate of drug-likeness (QED) is 0.782. The second-order valence-electron chi connectivity index (χ2n) is 5.15. The molecule has 1 N–H and O–H groups in total. The summed E-state index contributed by atoms with van der Waals surface area (Å²) >= 11 is 17.9. The molecule has 3 nitrogen and oxygen atoms in total. The van der Waals surface area contributed by atoms with E-state index in [-0.39, 0.29) is 18.6 Å². The van der Waals surface area contributed by atoms with Crippen molar-refractivity contribution in [2.75, 3.05) is 6.61 Å². The molecule has 0 fully saturated rings. The summed E-state index contributed by atoms with van der Waals surface area (Å²) in [5.41, 5.74) is 1.67. The van der Waals surface area contributed by atoms with Gasteiger partial charge in [0.15, 0.2) is 6.61 Å². The maximum absolute atomic E-state index is 12.0. The van der Waals surface area contributed by atoms with Crippen LogP contribution in [0.15, 0.2) is 36.4 Å². The van der Waals surface area contributed by atoms with Crippen molar-refractivity contribution in [1.82, 2.24) is 5.32 Å². The van der Waals surface area contributed by atoms with Crippen LogP contribution in [0.1, 0.15) is 24.1 Å². The van der Waals surface area contributed by atoms with Gasteiger partial charge < -0.3 is 10.1 Å². The largest absolute Gasteiger partial charge is 0.484 e. The van der Waals surface area contributed by atoms with Crippen molar-refractivity contribution in [3.05, 3.63) is 62.6 Å². The van der Waals surface area contributed by atoms with Gasteiger partial charge in [0.25, 0.3) is 5.91 Å². The Balaban J connectivity index is 1.93. The molecule has 0 bridgehead atoms. The van der Waals surface area contributed by atoms with E-state index in [9.17, 15) is 4.79 Å². The number of carbonyl (C=O) groups is 1. The van der Waals surface area contributed by atoms with Gasteiger partial charge in [-0.1, -0.05) is 40.9 Å². The van der Waals surface area contributed by atoms with E-state index in [2.05, 4.69) is 5.32 Å². The smallest absolute Gasteiger partial charge is 0.258 e. The highest BCUT2D eigenvalue weighted by Gasteiger charge is 2.13. The minimum Gasteiger partial charge on any atom is -0.484 e. The first-order valence-corrected chi connectivity index (χ1v) is 8.13. The van der Waals surface area contributed by atoms with Crippen LogP contribution >= 0.6 is 34.8 Å². The van der Waals surface area contributed by atoms with E-state index in [0.29, 0.717) is 20.8 Å². The topological polar surface area (TPSA) is 38.3 Å². The highest BCUT2D eigenvalue weighted by atomic mass is 35.5. The first-order chi connectivity index (χ1) is 10.9. The average molecular weight is 373 g/mol. The first kappa shape index (κ1) is 17.9. The minimum absolute atomic E-state index is 0.0853. The zero-order chi connectivity index (χ0) is 17.0. The molecule has 0 radical (unpaired) electrons. The monoisotopic (exact) mass is 371 g/mol. The number of amides is 1. The van der Waals surface area contributed by atoms with Crippen molar-refractivity contribution < 1.29 is 9.53 Å². The standard InChI is InChI=1S/C17H16Cl3NO2/c1-10-7-12(18)4-6-16(10)23-9-17(22)21-11(2)14-5-3-13(19)8-15(14)20/h3-8,11H,9H2,1-2H3,(H,21,22)/t11-/m0/s1. The Bertz CT molecular complexity index is 719. The summed E-state index contributed by atoms with van der Waals surface area (Å²) in [5, 5.41) is 4.54. The summed E-state index contributed by atoms with van der Waals surface area (Å²) in [4.78, 5) is 12.0. The van der Waals surface area contributed by atoms with E-state index in [1.54, 1.807) is 36.4 Å². The molecule has 122 valence electrons. The molecule has 0 saturated carbocycles. The van der Waals surface area contributed by atoms with Crippen molar-refractivity contribution in [2.24, 2.45) is 0 Å². The number of hydrogen-bond acceptors (Lipinski definition) is 2. The Morgan fingerprint density at radius 3 is 2.43 bits per heavy atom. The fraction of sp³-hybridized carbons (Fsp3) is 0.235. The van der Waals surface area contributed by atoms with E-state index in [0.717, 1.165) is 11.1 Å². The first-order valence-electron chi connectivity index (χ1n) is 7.00. The maximum Gasteiger partial charge on any atom is 0.258 e. The molecule has 1 atom stereocenters. The van der Waals surface area contributed by atoms with Crippen LogP contribution in [-0.2, 0) is 4.79 Å². The third-order valence-electron chi connectivity index (χ3n) is 3.30. The molecule has 0 saturated heterocycles. The van der Waals surface area contributed by atoms with E-state index in [1.807, 2.05) is 13.8 Å². The molecule has 0 aliphatic carbocycles. The van der Waals surface area contributed by atoms with Gasteiger partial charge in [-0.3, -0.25) is 4.79 Å². The van der Waals surface area contributed by atoms with Gasteiger partial charge in [0.1, 0.15) is 5.75 Å². The van der Waals surface area contributed by atoms with Gasteiger partial charge in [-0.05, 0) is 55.3 Å². The molecule has 0 aliphatic heterocycles. The number of ether oxygens (including phenoxy) is 1. The molecule has 2 aromatic rings. The lowest BCUT2D eigenvalue weighted by atomic mass is 10.1. The van der Waals surface area contributed by atoms with Crippen LogP contribution in [0, 0.1) is 6.92 Å². The second kappa shape index (κ2) is 7.91. The molecular weight excluding hydrogens is 357 g/mol. The Kier molecular flexibility index (Phi) is 6.17. The van der Waals surface area contributed by atoms with Crippen LogP contribution < -0.4 is 10.1 Å². The number of aryl methyl sites for hydroxylation is 1. The molecule has 0 aliphatic rings. The zero-order valence-electron chi connectivity index (χ0n) is 12.7. The van der Waals surface area contributed by atoms with E-state index in [1.165, 1.54) is 0 Å². The van der Waals surface area contributed by atoms with Crippen molar-refractivity contribution >= 4 is 40.7 Å². The van der Waals surface area contributed by atoms with Gasteiger partial charge in [-0.2, -0.15) is 0 Å². The molecule has 0 spiro atoms. The summed E-state index contributed by atoms with van der Waals surface area (Å²) < 4.78 is 5.51. The van der Waals surface area contributed by atoms with E-state index < -0.39 is 0 Å². The summed E-state index contributed by atoms with van der Waals surface area (Å²) in [5.74, 6) is 0.389. The normalized spacial score (nSPS) is 11.9. The van der Waals surface area contributed by atoms with Gasteiger partial charge >= 0.3 is 0 Å². The van der Waals surface area contributed by atoms with Gasteiger partial charge in [0.05, 0.1) is 6.04 Å². The predicted molar refractivity (Wildman–Crippen MR) is 94.7 cm³/mol. The second-order valence-corrected chi connectivity index (χ2v) is 6.43. The number of benzene rings is 2. The molecule has 0 heterocycles. The molecule has 1 amide bonds. The van der Waals surface area contributed by atoms with E-state index >= 15 is 0 Å². The number of halogens is 3. The molecule has 23 heavy (non-hydrogen) atoms. The minimum atomic E-state index is -0.248. The molecule has 2 rings (SSSR count). The Morgan fingerprint density at radius 2 is 1.78 bits per heavy atom. The molecule has 0 aromatic heterocycles. The SMILES string of the molecule is Cc1cc(Cl)ccc1OCC(=O)N[C@@H](C)c1ccc(Cl)cc1Cl. The number of nitrogens with one attached hydrogen (secondary N) is 1. The van der Waals surface area contributed by atoms with Crippen LogP contribution in [0.3, 0.4) is 0 Å². The lowest BCUT2D eigenvalue weighted by molar-refractivity contribution is -0.123. The van der Waals surface area contributed by atoms with Gasteiger partial charge in [0, 0.05) is 15.1 Å². The van der Waals surface area contributed by atoms with Crippen LogP contribution in [-0.4, -0.2) is 12.5 Å². The van der Waals surface area contributed by atoms with Crippen molar-refractivity contribution in [3.63, 3.8) is 0 Å². The summed E-state index contributed by atoms with van der Waals surface area (Å²) in [7, 11) is 0. The highest BCUT2D eigenvalue weighted by Crippen LogP contribution is 2.26. The number of carbonyl (C=O) groups excluding carboxylic acids is 1. The van der Waals surface area contributed by atoms with Gasteiger partial charge in [-0.15, -0.1) is 0 Å². The van der Waals surface area contributed by atoms with Crippen LogP contribution in [0.2, 0.25) is 15.1 Å². The summed E-state index contributed by atoms with van der Waals surface area (Å²) in [6.07, 6.45) is 0. The fourth-order valence-corrected chi connectivity index (χ4v) is 2.93. The lowest BCUT2D eigenvalue weighted by Crippen LogP contribution is -2.31. The summed E-state index contributed by atoms with van der Waals surface area (Å²) in [6, 6.07) is 10.2. The molecule has 6 heteroatoms. The predicted octanol–water partition coefficient (Wildman–Crippen LogP) is 5.21. The average Bonchev–Trinajstić information content (AvgIpc) is 2.46. The van der Waals surface area contributed by atoms with Crippen LogP contribution in [0.4, 0.5) is 0 Å². The van der Waals surface area contributed by atoms with Crippen LogP contribution in [0.5, 0.6) is 5.75 Å². The van der Waals surface area contributed by atoms with Gasteiger partial charge in [0.2, 0.25) is 0 Å². The molecule has 2 aromatic carbocycles. The zero-order valence-corrected chi connectivity index (χ0v) is 15.0. The van der Waals surface area contributed by atoms with Crippen molar-refractivity contribution in [1.29, 1.82) is 0 Å². The Hall–Kier alpha value is -1.42. The summed E-state index contributed by atoms with van der Waals surface area (Å²) in [6.45, 7) is 3.63. The number of hydrogen-bond donors (Lipinski definition) is 1. The highest BCUT2D eigenvalue weighted by molar-refractivity contribution is 6.35. The third-order valence-corrected chi connectivity index (χ3v) is 4.10. The maximum atomic E-state index is 12.0. The van der Waals surface area contributed by atoms with E-state index in [4.69, 9.17) is 39.5 Å². The Labute approximate surface area is 150 Å².